The van der Waals surface area contributed by atoms with E-state index in [2.05, 4.69) is 4.98 Å². The van der Waals surface area contributed by atoms with Gasteiger partial charge in [-0.1, -0.05) is 66.7 Å². The van der Waals surface area contributed by atoms with E-state index in [4.69, 9.17) is 4.74 Å². The highest BCUT2D eigenvalue weighted by atomic mass is 16.5. The van der Waals surface area contributed by atoms with Gasteiger partial charge in [0.2, 0.25) is 5.78 Å². The minimum atomic E-state index is -0.484. The number of aromatic nitrogens is 1. The third-order valence-corrected chi connectivity index (χ3v) is 4.98. The predicted molar refractivity (Wildman–Crippen MR) is 113 cm³/mol. The minimum Gasteiger partial charge on any atom is -0.454 e. The van der Waals surface area contributed by atoms with Crippen LogP contribution < -0.4 is 0 Å². The van der Waals surface area contributed by atoms with Crippen LogP contribution in [-0.2, 0) is 11.2 Å². The van der Waals surface area contributed by atoms with E-state index in [0.717, 1.165) is 27.7 Å². The Labute approximate surface area is 169 Å². The van der Waals surface area contributed by atoms with Gasteiger partial charge in [-0.05, 0) is 36.6 Å². The summed E-state index contributed by atoms with van der Waals surface area (Å²) in [4.78, 5) is 28.7. The number of H-pyrrole nitrogens is 1. The average Bonchev–Trinajstić information content (AvgIpc) is 3.08. The highest BCUT2D eigenvalue weighted by Gasteiger charge is 2.19. The lowest BCUT2D eigenvalue weighted by Gasteiger charge is -2.10. The van der Waals surface area contributed by atoms with Crippen molar-refractivity contribution in [1.82, 2.24) is 4.98 Å². The van der Waals surface area contributed by atoms with Crippen LogP contribution in [0.2, 0.25) is 0 Å². The molecule has 4 heteroatoms. The fourth-order valence-electron chi connectivity index (χ4n) is 3.61. The second-order valence-electron chi connectivity index (χ2n) is 6.99. The number of Topliss-reactive ketones (excluding diaryl/α,β-unsaturated/α-hetero) is 1. The normalized spacial score (nSPS) is 10.8. The molecule has 0 bridgehead atoms. The Morgan fingerprint density at radius 3 is 2.38 bits per heavy atom. The lowest BCUT2D eigenvalue weighted by Crippen LogP contribution is -2.16. The Hall–Kier alpha value is -3.66. The first-order valence-corrected chi connectivity index (χ1v) is 9.53. The summed E-state index contributed by atoms with van der Waals surface area (Å²) < 4.78 is 5.39. The number of benzene rings is 3. The molecule has 29 heavy (non-hydrogen) atoms. The molecule has 0 fully saturated rings. The van der Waals surface area contributed by atoms with E-state index in [1.54, 1.807) is 12.1 Å². The Kier molecular flexibility index (Phi) is 5.25. The van der Waals surface area contributed by atoms with Crippen molar-refractivity contribution in [3.63, 3.8) is 0 Å². The van der Waals surface area contributed by atoms with Crippen LogP contribution in [-0.4, -0.2) is 23.3 Å². The van der Waals surface area contributed by atoms with Crippen LogP contribution in [0.3, 0.4) is 0 Å². The number of hydrogen-bond donors (Lipinski definition) is 1. The summed E-state index contributed by atoms with van der Waals surface area (Å²) in [5, 5.41) is 0.843. The first-order valence-electron chi connectivity index (χ1n) is 9.53. The topological polar surface area (TPSA) is 59.2 Å². The number of esters is 1. The van der Waals surface area contributed by atoms with Gasteiger partial charge in [-0.15, -0.1) is 0 Å². The van der Waals surface area contributed by atoms with E-state index in [1.807, 2.05) is 73.7 Å². The van der Waals surface area contributed by atoms with E-state index in [9.17, 15) is 9.59 Å². The fraction of sp³-hybridized carbons (Fsp3) is 0.120. The molecule has 0 aliphatic carbocycles. The number of carbonyl (C=O) groups excluding carboxylic acids is 2. The molecular formula is C25H21NO3. The van der Waals surface area contributed by atoms with Crippen molar-refractivity contribution in [3.8, 4) is 0 Å². The first-order chi connectivity index (χ1) is 14.1. The molecule has 0 atom stereocenters. The summed E-state index contributed by atoms with van der Waals surface area (Å²) in [5.41, 5.74) is 4.72. The molecule has 0 aliphatic rings. The van der Waals surface area contributed by atoms with Crippen LogP contribution >= 0.6 is 0 Å². The number of ether oxygens (including phenoxy) is 1. The van der Waals surface area contributed by atoms with Gasteiger partial charge >= 0.3 is 5.97 Å². The lowest BCUT2D eigenvalue weighted by molar-refractivity contribution is 0.0474. The van der Waals surface area contributed by atoms with Gasteiger partial charge in [-0.3, -0.25) is 4.79 Å². The molecule has 0 aliphatic heterocycles. The lowest BCUT2D eigenvalue weighted by atomic mass is 10.00. The maximum atomic E-state index is 12.8. The molecule has 0 spiro atoms. The number of carbonyl (C=O) groups is 2. The van der Waals surface area contributed by atoms with Crippen molar-refractivity contribution in [2.75, 3.05) is 6.61 Å². The molecule has 0 saturated carbocycles. The number of rotatable bonds is 6. The van der Waals surface area contributed by atoms with Gasteiger partial charge in [0, 0.05) is 22.2 Å². The van der Waals surface area contributed by atoms with Gasteiger partial charge in [0.05, 0.1) is 5.56 Å². The molecular weight excluding hydrogens is 362 g/mol. The number of aryl methyl sites for hydroxylation is 1. The predicted octanol–water partition coefficient (Wildman–Crippen LogP) is 5.11. The van der Waals surface area contributed by atoms with Crippen LogP contribution in [0.5, 0.6) is 0 Å². The van der Waals surface area contributed by atoms with Crippen molar-refractivity contribution >= 4 is 22.7 Å². The van der Waals surface area contributed by atoms with Gasteiger partial charge in [-0.2, -0.15) is 0 Å². The first kappa shape index (κ1) is 18.7. The standard InChI is InChI=1S/C25H21NO3/c1-17-24(21-13-7-8-14-22(21)26-17)23(27)16-29-25(28)20-12-6-5-11-19(20)15-18-9-3-2-4-10-18/h2-14,26H,15-16H2,1H3. The molecule has 4 nitrogen and oxygen atoms in total. The maximum absolute atomic E-state index is 12.8. The van der Waals surface area contributed by atoms with E-state index >= 15 is 0 Å². The molecule has 1 N–H and O–H groups in total. The van der Waals surface area contributed by atoms with Crippen molar-refractivity contribution in [2.24, 2.45) is 0 Å². The quantitative estimate of drug-likeness (QED) is 0.372. The smallest absolute Gasteiger partial charge is 0.338 e. The zero-order valence-electron chi connectivity index (χ0n) is 16.1. The number of nitrogens with one attached hydrogen (secondary N) is 1. The van der Waals surface area contributed by atoms with Gasteiger partial charge < -0.3 is 9.72 Å². The van der Waals surface area contributed by atoms with Crippen molar-refractivity contribution in [2.45, 2.75) is 13.3 Å². The number of aromatic amines is 1. The zero-order chi connectivity index (χ0) is 20.2. The summed E-state index contributed by atoms with van der Waals surface area (Å²) in [5.74, 6) is -0.698. The molecule has 1 aromatic heterocycles. The number of para-hydroxylation sites is 1. The van der Waals surface area contributed by atoms with Gasteiger partial charge in [0.15, 0.2) is 6.61 Å². The summed E-state index contributed by atoms with van der Waals surface area (Å²) >= 11 is 0. The van der Waals surface area contributed by atoms with Crippen LogP contribution in [0, 0.1) is 6.92 Å². The van der Waals surface area contributed by atoms with Gasteiger partial charge in [0.25, 0.3) is 0 Å². The molecule has 4 aromatic rings. The third kappa shape index (κ3) is 3.97. The Morgan fingerprint density at radius 1 is 0.862 bits per heavy atom. The SMILES string of the molecule is Cc1[nH]c2ccccc2c1C(=O)COC(=O)c1ccccc1Cc1ccccc1. The van der Waals surface area contributed by atoms with E-state index in [-0.39, 0.29) is 12.4 Å². The summed E-state index contributed by atoms with van der Waals surface area (Å²) in [6, 6.07) is 24.9. The van der Waals surface area contributed by atoms with E-state index < -0.39 is 5.97 Å². The van der Waals surface area contributed by atoms with Crippen LogP contribution in [0.1, 0.15) is 37.5 Å². The maximum Gasteiger partial charge on any atom is 0.338 e. The molecule has 3 aromatic carbocycles. The highest BCUT2D eigenvalue weighted by molar-refractivity contribution is 6.10. The monoisotopic (exact) mass is 383 g/mol. The highest BCUT2D eigenvalue weighted by Crippen LogP contribution is 2.23. The van der Waals surface area contributed by atoms with E-state index in [1.165, 1.54) is 0 Å². The molecule has 1 heterocycles. The van der Waals surface area contributed by atoms with Crippen LogP contribution in [0.4, 0.5) is 0 Å². The van der Waals surface area contributed by atoms with Crippen molar-refractivity contribution < 1.29 is 14.3 Å². The summed E-state index contributed by atoms with van der Waals surface area (Å²) in [7, 11) is 0. The Balaban J connectivity index is 1.50. The van der Waals surface area contributed by atoms with Crippen molar-refractivity contribution in [3.05, 3.63) is 107 Å². The molecule has 0 unspecified atom stereocenters. The van der Waals surface area contributed by atoms with Crippen LogP contribution in [0.25, 0.3) is 10.9 Å². The summed E-state index contributed by atoms with van der Waals surface area (Å²) in [6.45, 7) is 1.56. The van der Waals surface area contributed by atoms with Gasteiger partial charge in [0.1, 0.15) is 0 Å². The Bertz CT molecular complexity index is 1180. The Morgan fingerprint density at radius 2 is 1.55 bits per heavy atom. The molecule has 0 amide bonds. The van der Waals surface area contributed by atoms with Crippen molar-refractivity contribution in [1.29, 1.82) is 0 Å². The summed E-state index contributed by atoms with van der Waals surface area (Å²) in [6.07, 6.45) is 0.627. The number of hydrogen-bond acceptors (Lipinski definition) is 3. The zero-order valence-corrected chi connectivity index (χ0v) is 16.1. The second kappa shape index (κ2) is 8.15. The molecule has 0 radical (unpaired) electrons. The number of ketones is 1. The van der Waals surface area contributed by atoms with E-state index in [0.29, 0.717) is 17.5 Å². The van der Waals surface area contributed by atoms with Crippen LogP contribution in [0.15, 0.2) is 78.9 Å². The van der Waals surface area contributed by atoms with Gasteiger partial charge in [-0.25, -0.2) is 4.79 Å². The molecule has 4 rings (SSSR count). The number of fused-ring (bicyclic) bond motifs is 1. The molecule has 0 saturated heterocycles. The minimum absolute atomic E-state index is 0.214. The largest absolute Gasteiger partial charge is 0.454 e. The third-order valence-electron chi connectivity index (χ3n) is 4.98. The molecule has 144 valence electrons. The average molecular weight is 383 g/mol. The second-order valence-corrected chi connectivity index (χ2v) is 6.99. The fourth-order valence-corrected chi connectivity index (χ4v) is 3.61.